The van der Waals surface area contributed by atoms with Crippen molar-refractivity contribution in [3.63, 3.8) is 0 Å². The summed E-state index contributed by atoms with van der Waals surface area (Å²) in [6.07, 6.45) is 0. The maximum Gasteiger partial charge on any atom is 0.235 e. The summed E-state index contributed by atoms with van der Waals surface area (Å²) in [6.45, 7) is 0. The van der Waals surface area contributed by atoms with Gasteiger partial charge in [0.1, 0.15) is 11.1 Å². The van der Waals surface area contributed by atoms with Crippen molar-refractivity contribution in [1.82, 2.24) is 14.5 Å². The summed E-state index contributed by atoms with van der Waals surface area (Å²) in [5.74, 6) is 0.603. The van der Waals surface area contributed by atoms with Gasteiger partial charge < -0.3 is 4.42 Å². The fraction of sp³-hybridized carbons (Fsp3) is 0. The van der Waals surface area contributed by atoms with Gasteiger partial charge in [0.2, 0.25) is 5.95 Å². The Morgan fingerprint density at radius 3 is 1.65 bits per heavy atom. The Morgan fingerprint density at radius 2 is 0.982 bits per heavy atom. The number of hydrogen-bond donors (Lipinski definition) is 0. The third-order valence-corrected chi connectivity index (χ3v) is 14.6. The Kier molecular flexibility index (Phi) is 7.22. The molecule has 11 rings (SSSR count). The number of benzene rings is 8. The van der Waals surface area contributed by atoms with Crippen LogP contribution in [0.3, 0.4) is 0 Å². The minimum Gasteiger partial charge on any atom is -0.454 e. The number of hydrogen-bond acceptors (Lipinski definition) is 3. The molecule has 260 valence electrons. The third kappa shape index (κ3) is 4.80. The van der Waals surface area contributed by atoms with E-state index in [9.17, 15) is 0 Å². The quantitative estimate of drug-likeness (QED) is 0.172. The van der Waals surface area contributed by atoms with Crippen molar-refractivity contribution in [3.05, 3.63) is 200 Å². The van der Waals surface area contributed by atoms with Gasteiger partial charge in [0.15, 0.2) is 5.58 Å². The summed E-state index contributed by atoms with van der Waals surface area (Å²) in [5.41, 5.74) is 6.47. The first-order chi connectivity index (χ1) is 27.3. The van der Waals surface area contributed by atoms with E-state index in [4.69, 9.17) is 14.4 Å². The highest BCUT2D eigenvalue weighted by Crippen LogP contribution is 2.73. The van der Waals surface area contributed by atoms with Crippen LogP contribution in [-0.2, 0) is 0 Å². The molecule has 0 amide bonds. The van der Waals surface area contributed by atoms with Crippen LogP contribution >= 0.6 is 10.0 Å². The van der Waals surface area contributed by atoms with Gasteiger partial charge in [0.05, 0.1) is 16.7 Å². The molecule has 0 saturated carbocycles. The van der Waals surface area contributed by atoms with Crippen molar-refractivity contribution in [1.29, 1.82) is 0 Å². The highest BCUT2D eigenvalue weighted by Gasteiger charge is 2.34. The second kappa shape index (κ2) is 12.6. The Labute approximate surface area is 319 Å². The van der Waals surface area contributed by atoms with Crippen LogP contribution in [0.2, 0.25) is 0 Å². The van der Waals surface area contributed by atoms with E-state index in [1.807, 2.05) is 24.3 Å². The van der Waals surface area contributed by atoms with Gasteiger partial charge in [0, 0.05) is 52.1 Å². The minimum atomic E-state index is -1.93. The molecule has 0 radical (unpaired) electrons. The number of para-hydroxylation sites is 2. The third-order valence-electron chi connectivity index (χ3n) is 10.7. The predicted octanol–water partition coefficient (Wildman–Crippen LogP) is 13.6. The molecule has 0 aliphatic carbocycles. The van der Waals surface area contributed by atoms with Gasteiger partial charge in [0.25, 0.3) is 0 Å². The van der Waals surface area contributed by atoms with Gasteiger partial charge in [-0.05, 0) is 72.8 Å². The number of aromatic nitrogens is 3. The zero-order chi connectivity index (χ0) is 36.3. The fourth-order valence-corrected chi connectivity index (χ4v) is 12.2. The summed E-state index contributed by atoms with van der Waals surface area (Å²) < 4.78 is 9.02. The zero-order valence-electron chi connectivity index (χ0n) is 29.7. The van der Waals surface area contributed by atoms with Crippen LogP contribution < -0.4 is 0 Å². The normalized spacial score (nSPS) is 12.3. The average Bonchev–Trinajstić information content (AvgIpc) is 3.81. The highest BCUT2D eigenvalue weighted by atomic mass is 32.3. The van der Waals surface area contributed by atoms with Crippen molar-refractivity contribution in [2.45, 2.75) is 19.6 Å². The van der Waals surface area contributed by atoms with Crippen LogP contribution in [0, 0.1) is 0 Å². The molecule has 8 aromatic carbocycles. The van der Waals surface area contributed by atoms with Gasteiger partial charge in [-0.3, -0.25) is 4.57 Å². The summed E-state index contributed by atoms with van der Waals surface area (Å²) in [6, 6.07) is 71.4. The van der Waals surface area contributed by atoms with Crippen molar-refractivity contribution in [2.24, 2.45) is 0 Å². The molecule has 0 aliphatic heterocycles. The number of nitrogens with zero attached hydrogens (tertiary/aromatic N) is 3. The lowest BCUT2D eigenvalue weighted by atomic mass is 10.1. The summed E-state index contributed by atoms with van der Waals surface area (Å²) >= 11 is 0. The first-order valence-electron chi connectivity index (χ1n) is 18.5. The summed E-state index contributed by atoms with van der Waals surface area (Å²) in [4.78, 5) is 15.8. The van der Waals surface area contributed by atoms with Crippen molar-refractivity contribution < 1.29 is 4.42 Å². The standard InChI is InChI=1S/C50H33N3OS/c1-5-17-34(18-6-1)47-42-26-13-15-27-44(42)51-50(52-47)53-45-32-29-38(33-43(45)40-30-31-41-39-25-14-16-28-46(39)54-49(41)48(40)53)55(35-19-7-2-8-20-35,36-21-9-3-10-22-36)37-23-11-4-12-24-37/h1-33H. The Hall–Kier alpha value is -6.95. The molecular formula is C50H33N3OS. The van der Waals surface area contributed by atoms with Crippen LogP contribution in [0.1, 0.15) is 0 Å². The maximum absolute atomic E-state index is 6.79. The van der Waals surface area contributed by atoms with E-state index in [0.717, 1.165) is 65.9 Å². The number of rotatable bonds is 6. The van der Waals surface area contributed by atoms with Crippen LogP contribution in [-0.4, -0.2) is 14.5 Å². The van der Waals surface area contributed by atoms with E-state index in [0.29, 0.717) is 5.95 Å². The average molecular weight is 724 g/mol. The lowest BCUT2D eigenvalue weighted by Crippen LogP contribution is -2.05. The Balaban J connectivity index is 1.29. The number of furan rings is 1. The van der Waals surface area contributed by atoms with E-state index in [2.05, 4.69) is 180 Å². The van der Waals surface area contributed by atoms with Crippen LogP contribution in [0.15, 0.2) is 224 Å². The molecule has 0 unspecified atom stereocenters. The van der Waals surface area contributed by atoms with Gasteiger partial charge in [-0.25, -0.2) is 9.97 Å². The SMILES string of the molecule is c1ccc(-c2nc(-n3c4ccc(S(c5ccccc5)(c5ccccc5)c5ccccc5)cc4c4ccc5c6ccccc6oc5c43)nc3ccccc23)cc1. The zero-order valence-corrected chi connectivity index (χ0v) is 30.5. The molecule has 5 heteroatoms. The van der Waals surface area contributed by atoms with E-state index in [1.54, 1.807) is 0 Å². The molecule has 4 nitrogen and oxygen atoms in total. The first kappa shape index (κ1) is 31.6. The first-order valence-corrected chi connectivity index (χ1v) is 20.1. The van der Waals surface area contributed by atoms with Crippen molar-refractivity contribution in [2.75, 3.05) is 0 Å². The molecule has 55 heavy (non-hydrogen) atoms. The highest BCUT2D eigenvalue weighted by molar-refractivity contribution is 8.34. The van der Waals surface area contributed by atoms with Gasteiger partial charge in [-0.15, -0.1) is 10.0 Å². The van der Waals surface area contributed by atoms with Crippen LogP contribution in [0.5, 0.6) is 0 Å². The monoisotopic (exact) mass is 723 g/mol. The van der Waals surface area contributed by atoms with E-state index in [1.165, 1.54) is 19.6 Å². The number of fused-ring (bicyclic) bond motifs is 8. The molecule has 0 fully saturated rings. The topological polar surface area (TPSA) is 43.9 Å². The molecule has 3 heterocycles. The molecule has 3 aromatic heterocycles. The Bertz CT molecular complexity index is 3100. The summed E-state index contributed by atoms with van der Waals surface area (Å²) in [7, 11) is -1.93. The second-order valence-corrected chi connectivity index (χ2v) is 16.9. The predicted molar refractivity (Wildman–Crippen MR) is 227 cm³/mol. The van der Waals surface area contributed by atoms with Crippen LogP contribution in [0.25, 0.3) is 71.9 Å². The molecule has 0 saturated heterocycles. The Morgan fingerprint density at radius 1 is 0.418 bits per heavy atom. The summed E-state index contributed by atoms with van der Waals surface area (Å²) in [5, 5.41) is 5.36. The second-order valence-electron chi connectivity index (χ2n) is 13.8. The minimum absolute atomic E-state index is 0.603. The smallest absolute Gasteiger partial charge is 0.235 e. The van der Waals surface area contributed by atoms with Crippen LogP contribution in [0.4, 0.5) is 0 Å². The molecule has 0 aliphatic rings. The van der Waals surface area contributed by atoms with E-state index >= 15 is 0 Å². The molecule has 0 atom stereocenters. The fourth-order valence-electron chi connectivity index (χ4n) is 8.33. The van der Waals surface area contributed by atoms with Gasteiger partial charge in [-0.2, -0.15) is 0 Å². The largest absolute Gasteiger partial charge is 0.454 e. The molecule has 0 spiro atoms. The lowest BCUT2D eigenvalue weighted by Gasteiger charge is -2.42. The molecule has 0 N–H and O–H groups in total. The molecular weight excluding hydrogens is 691 g/mol. The van der Waals surface area contributed by atoms with E-state index in [-0.39, 0.29) is 0 Å². The maximum atomic E-state index is 6.79. The van der Waals surface area contributed by atoms with Gasteiger partial charge in [-0.1, -0.05) is 127 Å². The van der Waals surface area contributed by atoms with Crippen molar-refractivity contribution in [3.8, 4) is 17.2 Å². The lowest BCUT2D eigenvalue weighted by molar-refractivity contribution is 0.671. The van der Waals surface area contributed by atoms with Crippen molar-refractivity contribution >= 4 is 64.7 Å². The van der Waals surface area contributed by atoms with E-state index < -0.39 is 10.0 Å². The van der Waals surface area contributed by atoms with Gasteiger partial charge >= 0.3 is 0 Å². The molecule has 0 bridgehead atoms. The molecule has 11 aromatic rings.